The zero-order valence-electron chi connectivity index (χ0n) is 7.20. The average molecular weight is 176 g/mol. The van der Waals surface area contributed by atoms with Crippen molar-refractivity contribution in [3.63, 3.8) is 0 Å². The Balaban J connectivity index is 2.60. The minimum absolute atomic E-state index is 0.0235. The molecule has 1 atom stereocenters. The van der Waals surface area contributed by atoms with Gasteiger partial charge in [0.1, 0.15) is 0 Å². The van der Waals surface area contributed by atoms with E-state index in [1.54, 1.807) is 0 Å². The molecule has 0 spiro atoms. The summed E-state index contributed by atoms with van der Waals surface area (Å²) in [7, 11) is 0. The fraction of sp³-hybridized carbons (Fsp3) is 0.200. The lowest BCUT2D eigenvalue weighted by molar-refractivity contribution is 0.268. The number of hydrogen-bond donors (Lipinski definition) is 3. The molecule has 0 unspecified atom stereocenters. The average Bonchev–Trinajstić information content (AvgIpc) is 2.63. The van der Waals surface area contributed by atoms with Gasteiger partial charge in [-0.15, -0.1) is 0 Å². The molecule has 13 heavy (non-hydrogen) atoms. The van der Waals surface area contributed by atoms with Gasteiger partial charge in [-0.1, -0.05) is 12.1 Å². The number of H-pyrrole nitrogens is 1. The molecule has 2 rings (SSSR count). The molecule has 0 amide bonds. The molecule has 0 fully saturated rings. The first kappa shape index (κ1) is 8.29. The summed E-state index contributed by atoms with van der Waals surface area (Å²) >= 11 is 0. The molecule has 0 bridgehead atoms. The van der Waals surface area contributed by atoms with Crippen LogP contribution in [0.25, 0.3) is 10.9 Å². The zero-order chi connectivity index (χ0) is 9.26. The van der Waals surface area contributed by atoms with Crippen LogP contribution in [0.2, 0.25) is 0 Å². The molecule has 0 saturated carbocycles. The standard InChI is InChI=1S/C10H12N2O/c11-9(6-13)7-2-1-3-10-8(7)4-5-12-10/h1-5,9,12-13H,6,11H2/t9-/m1/s1. The van der Waals surface area contributed by atoms with Crippen LogP contribution in [-0.4, -0.2) is 16.7 Å². The number of aromatic amines is 1. The number of nitrogens with two attached hydrogens (primary N) is 1. The number of rotatable bonds is 2. The summed E-state index contributed by atoms with van der Waals surface area (Å²) < 4.78 is 0. The molecule has 3 nitrogen and oxygen atoms in total. The van der Waals surface area contributed by atoms with Crippen LogP contribution in [0.4, 0.5) is 0 Å². The van der Waals surface area contributed by atoms with Gasteiger partial charge in [-0.05, 0) is 17.7 Å². The Morgan fingerprint density at radius 1 is 1.38 bits per heavy atom. The molecular weight excluding hydrogens is 164 g/mol. The molecule has 0 aliphatic heterocycles. The van der Waals surface area contributed by atoms with E-state index < -0.39 is 0 Å². The summed E-state index contributed by atoms with van der Waals surface area (Å²) in [5.74, 6) is 0. The Hall–Kier alpha value is -1.32. The van der Waals surface area contributed by atoms with Gasteiger partial charge in [0.25, 0.3) is 0 Å². The maximum atomic E-state index is 8.95. The van der Waals surface area contributed by atoms with E-state index in [9.17, 15) is 0 Å². The number of aliphatic hydroxyl groups is 1. The van der Waals surface area contributed by atoms with Crippen LogP contribution in [0, 0.1) is 0 Å². The van der Waals surface area contributed by atoms with E-state index in [0.717, 1.165) is 16.5 Å². The Morgan fingerprint density at radius 3 is 3.00 bits per heavy atom. The van der Waals surface area contributed by atoms with Gasteiger partial charge < -0.3 is 15.8 Å². The molecule has 0 aliphatic rings. The highest BCUT2D eigenvalue weighted by Crippen LogP contribution is 2.21. The van der Waals surface area contributed by atoms with Crippen LogP contribution in [0.1, 0.15) is 11.6 Å². The summed E-state index contributed by atoms with van der Waals surface area (Å²) in [4.78, 5) is 3.10. The van der Waals surface area contributed by atoms with Crippen LogP contribution in [-0.2, 0) is 0 Å². The quantitative estimate of drug-likeness (QED) is 0.643. The number of nitrogens with one attached hydrogen (secondary N) is 1. The van der Waals surface area contributed by atoms with E-state index in [0.29, 0.717) is 0 Å². The molecule has 1 aromatic heterocycles. The van der Waals surface area contributed by atoms with Crippen LogP contribution in [0.3, 0.4) is 0 Å². The molecule has 0 radical (unpaired) electrons. The van der Waals surface area contributed by atoms with Crippen LogP contribution in [0.15, 0.2) is 30.5 Å². The van der Waals surface area contributed by atoms with Crippen molar-refractivity contribution >= 4 is 10.9 Å². The van der Waals surface area contributed by atoms with E-state index >= 15 is 0 Å². The third kappa shape index (κ3) is 1.32. The van der Waals surface area contributed by atoms with Gasteiger partial charge >= 0.3 is 0 Å². The predicted molar refractivity (Wildman–Crippen MR) is 52.3 cm³/mol. The SMILES string of the molecule is N[C@H](CO)c1cccc2[nH]ccc12. The largest absolute Gasteiger partial charge is 0.394 e. The third-order valence-electron chi connectivity index (χ3n) is 2.22. The third-order valence-corrected chi connectivity index (χ3v) is 2.22. The number of aromatic nitrogens is 1. The van der Waals surface area contributed by atoms with E-state index in [2.05, 4.69) is 4.98 Å². The molecule has 0 saturated heterocycles. The fourth-order valence-corrected chi connectivity index (χ4v) is 1.53. The molecule has 1 aromatic carbocycles. The van der Waals surface area contributed by atoms with Crippen molar-refractivity contribution in [1.82, 2.24) is 4.98 Å². The summed E-state index contributed by atoms with van der Waals surface area (Å²) in [5, 5.41) is 10.0. The smallest absolute Gasteiger partial charge is 0.0624 e. The summed E-state index contributed by atoms with van der Waals surface area (Å²) in [6, 6.07) is 7.55. The minimum atomic E-state index is -0.292. The molecule has 68 valence electrons. The maximum absolute atomic E-state index is 8.95. The van der Waals surface area contributed by atoms with Crippen LogP contribution >= 0.6 is 0 Å². The number of hydrogen-bond acceptors (Lipinski definition) is 2. The van der Waals surface area contributed by atoms with Crippen LogP contribution in [0.5, 0.6) is 0 Å². The first-order valence-corrected chi connectivity index (χ1v) is 4.25. The summed E-state index contributed by atoms with van der Waals surface area (Å²) in [6.45, 7) is -0.0235. The van der Waals surface area contributed by atoms with Crippen molar-refractivity contribution in [2.24, 2.45) is 5.73 Å². The molecule has 1 heterocycles. The van der Waals surface area contributed by atoms with Gasteiger partial charge in [-0.3, -0.25) is 0 Å². The Morgan fingerprint density at radius 2 is 2.23 bits per heavy atom. The topological polar surface area (TPSA) is 62.0 Å². The van der Waals surface area contributed by atoms with Crippen molar-refractivity contribution in [2.45, 2.75) is 6.04 Å². The number of fused-ring (bicyclic) bond motifs is 1. The van der Waals surface area contributed by atoms with E-state index in [4.69, 9.17) is 10.8 Å². The zero-order valence-corrected chi connectivity index (χ0v) is 7.20. The monoisotopic (exact) mass is 176 g/mol. The minimum Gasteiger partial charge on any atom is -0.394 e. The highest BCUT2D eigenvalue weighted by molar-refractivity contribution is 5.83. The fourth-order valence-electron chi connectivity index (χ4n) is 1.53. The molecule has 2 aromatic rings. The predicted octanol–water partition coefficient (Wildman–Crippen LogP) is 1.16. The van der Waals surface area contributed by atoms with Crippen molar-refractivity contribution in [2.75, 3.05) is 6.61 Å². The van der Waals surface area contributed by atoms with Crippen molar-refractivity contribution in [3.05, 3.63) is 36.0 Å². The van der Waals surface area contributed by atoms with Gasteiger partial charge in [0.05, 0.1) is 12.6 Å². The van der Waals surface area contributed by atoms with Gasteiger partial charge in [0.15, 0.2) is 0 Å². The second kappa shape index (κ2) is 3.20. The highest BCUT2D eigenvalue weighted by Gasteiger charge is 2.08. The van der Waals surface area contributed by atoms with Gasteiger partial charge in [0, 0.05) is 17.1 Å². The van der Waals surface area contributed by atoms with E-state index in [-0.39, 0.29) is 12.6 Å². The second-order valence-corrected chi connectivity index (χ2v) is 3.08. The lowest BCUT2D eigenvalue weighted by atomic mass is 10.0. The van der Waals surface area contributed by atoms with Gasteiger partial charge in [-0.25, -0.2) is 0 Å². The lowest BCUT2D eigenvalue weighted by Crippen LogP contribution is -2.14. The Kier molecular flexibility index (Phi) is 2.04. The van der Waals surface area contributed by atoms with Crippen molar-refractivity contribution in [1.29, 1.82) is 0 Å². The summed E-state index contributed by atoms with van der Waals surface area (Å²) in [5.41, 5.74) is 7.80. The molecule has 4 N–H and O–H groups in total. The van der Waals surface area contributed by atoms with Crippen molar-refractivity contribution in [3.8, 4) is 0 Å². The van der Waals surface area contributed by atoms with Crippen LogP contribution < -0.4 is 5.73 Å². The number of benzene rings is 1. The highest BCUT2D eigenvalue weighted by atomic mass is 16.3. The Bertz CT molecular complexity index is 408. The second-order valence-electron chi connectivity index (χ2n) is 3.08. The first-order chi connectivity index (χ1) is 6.33. The molecule has 0 aliphatic carbocycles. The normalized spacial score (nSPS) is 13.4. The van der Waals surface area contributed by atoms with Crippen molar-refractivity contribution < 1.29 is 5.11 Å². The van der Waals surface area contributed by atoms with Gasteiger partial charge in [0.2, 0.25) is 0 Å². The summed E-state index contributed by atoms with van der Waals surface area (Å²) in [6.07, 6.45) is 1.87. The first-order valence-electron chi connectivity index (χ1n) is 4.25. The lowest BCUT2D eigenvalue weighted by Gasteiger charge is -2.09. The van der Waals surface area contributed by atoms with E-state index in [1.165, 1.54) is 0 Å². The molecule has 3 heteroatoms. The number of aliphatic hydroxyl groups excluding tert-OH is 1. The van der Waals surface area contributed by atoms with E-state index in [1.807, 2.05) is 30.5 Å². The maximum Gasteiger partial charge on any atom is 0.0624 e. The Labute approximate surface area is 76.2 Å². The molecular formula is C10H12N2O. The van der Waals surface area contributed by atoms with Gasteiger partial charge in [-0.2, -0.15) is 0 Å².